The Labute approximate surface area is 128 Å². The molecule has 0 spiro atoms. The van der Waals surface area contributed by atoms with Gasteiger partial charge in [-0.1, -0.05) is 18.2 Å². The summed E-state index contributed by atoms with van der Waals surface area (Å²) < 4.78 is 13.6. The Morgan fingerprint density at radius 3 is 2.67 bits per heavy atom. The zero-order valence-electron chi connectivity index (χ0n) is 12.3. The lowest BCUT2D eigenvalue weighted by atomic mass is 10.2. The van der Waals surface area contributed by atoms with Gasteiger partial charge in [-0.3, -0.25) is 0 Å². The van der Waals surface area contributed by atoms with Crippen molar-refractivity contribution in [1.82, 2.24) is 10.6 Å². The van der Waals surface area contributed by atoms with Crippen LogP contribution in [0.3, 0.4) is 0 Å². The van der Waals surface area contributed by atoms with Crippen molar-refractivity contribution in [3.05, 3.63) is 57.5 Å². The number of guanidine groups is 1. The normalized spacial score (nSPS) is 11.5. The van der Waals surface area contributed by atoms with Gasteiger partial charge in [-0.2, -0.15) is 0 Å². The number of hydrogen-bond donors (Lipinski definition) is 2. The zero-order chi connectivity index (χ0) is 15.1. The largest absolute Gasteiger partial charge is 0.357 e. The summed E-state index contributed by atoms with van der Waals surface area (Å²) in [6, 6.07) is 10.9. The van der Waals surface area contributed by atoms with Gasteiger partial charge >= 0.3 is 0 Å². The molecule has 0 unspecified atom stereocenters. The molecule has 2 N–H and O–H groups in total. The molecule has 0 aliphatic rings. The number of nitrogens with one attached hydrogen (secondary N) is 2. The molecular formula is C16H20FN3S. The van der Waals surface area contributed by atoms with Crippen LogP contribution in [-0.2, 0) is 13.1 Å². The Kier molecular flexibility index (Phi) is 5.75. The molecule has 0 amide bonds. The second kappa shape index (κ2) is 7.78. The van der Waals surface area contributed by atoms with E-state index >= 15 is 0 Å². The molecule has 3 nitrogen and oxygen atoms in total. The summed E-state index contributed by atoms with van der Waals surface area (Å²) >= 11 is 1.76. The standard InChI is InChI=1S/C16H20FN3S/c1-3-18-16(20-11-14-9-8-12(2)21-14)19-10-13-6-4-5-7-15(13)17/h4-9H,3,10-11H2,1-2H3,(H2,18,19,20). The monoisotopic (exact) mass is 305 g/mol. The second-order valence-electron chi connectivity index (χ2n) is 4.65. The zero-order valence-corrected chi connectivity index (χ0v) is 13.1. The number of rotatable bonds is 5. The predicted octanol–water partition coefficient (Wildman–Crippen LogP) is 3.45. The number of hydrogen-bond acceptors (Lipinski definition) is 2. The molecule has 1 aromatic heterocycles. The summed E-state index contributed by atoms with van der Waals surface area (Å²) in [5, 5.41) is 6.44. The second-order valence-corrected chi connectivity index (χ2v) is 6.02. The molecule has 0 fully saturated rings. The molecule has 0 atom stereocenters. The van der Waals surface area contributed by atoms with Gasteiger partial charge in [0.2, 0.25) is 0 Å². The topological polar surface area (TPSA) is 36.4 Å². The van der Waals surface area contributed by atoms with Gasteiger partial charge in [-0.25, -0.2) is 9.38 Å². The van der Waals surface area contributed by atoms with Crippen LogP contribution in [0, 0.1) is 12.7 Å². The van der Waals surface area contributed by atoms with E-state index in [2.05, 4.69) is 34.7 Å². The molecule has 0 radical (unpaired) electrons. The van der Waals surface area contributed by atoms with Crippen molar-refractivity contribution < 1.29 is 4.39 Å². The summed E-state index contributed by atoms with van der Waals surface area (Å²) in [4.78, 5) is 6.97. The van der Waals surface area contributed by atoms with E-state index in [4.69, 9.17) is 0 Å². The molecule has 0 aliphatic heterocycles. The van der Waals surface area contributed by atoms with Crippen molar-refractivity contribution in [2.45, 2.75) is 26.9 Å². The number of benzene rings is 1. The molecule has 0 aliphatic carbocycles. The van der Waals surface area contributed by atoms with Crippen molar-refractivity contribution in [3.63, 3.8) is 0 Å². The van der Waals surface area contributed by atoms with Gasteiger partial charge in [-0.15, -0.1) is 11.3 Å². The molecule has 0 saturated heterocycles. The average Bonchev–Trinajstić information content (AvgIpc) is 2.89. The first-order valence-electron chi connectivity index (χ1n) is 7.00. The average molecular weight is 305 g/mol. The molecule has 1 aromatic carbocycles. The molecule has 0 bridgehead atoms. The minimum Gasteiger partial charge on any atom is -0.357 e. The lowest BCUT2D eigenvalue weighted by Gasteiger charge is -2.10. The number of nitrogens with zero attached hydrogens (tertiary/aromatic N) is 1. The third-order valence-electron chi connectivity index (χ3n) is 2.94. The van der Waals surface area contributed by atoms with Crippen LogP contribution < -0.4 is 10.6 Å². The van der Waals surface area contributed by atoms with Crippen LogP contribution in [0.2, 0.25) is 0 Å². The highest BCUT2D eigenvalue weighted by molar-refractivity contribution is 7.11. The van der Waals surface area contributed by atoms with Crippen molar-refractivity contribution >= 4 is 17.3 Å². The smallest absolute Gasteiger partial charge is 0.191 e. The van der Waals surface area contributed by atoms with Crippen molar-refractivity contribution in [1.29, 1.82) is 0 Å². The lowest BCUT2D eigenvalue weighted by Crippen LogP contribution is -2.36. The van der Waals surface area contributed by atoms with Gasteiger partial charge in [0, 0.05) is 21.9 Å². The SMILES string of the molecule is CCNC(=NCc1ccccc1F)NCc1ccc(C)s1. The van der Waals surface area contributed by atoms with Crippen LogP contribution in [0.1, 0.15) is 22.2 Å². The van der Waals surface area contributed by atoms with E-state index in [0.29, 0.717) is 18.1 Å². The summed E-state index contributed by atoms with van der Waals surface area (Å²) in [5.74, 6) is 0.484. The van der Waals surface area contributed by atoms with Crippen LogP contribution in [0.15, 0.2) is 41.4 Å². The molecule has 2 aromatic rings. The van der Waals surface area contributed by atoms with Crippen molar-refractivity contribution in [2.75, 3.05) is 6.54 Å². The minimum absolute atomic E-state index is 0.217. The number of halogens is 1. The van der Waals surface area contributed by atoms with Crippen LogP contribution in [0.25, 0.3) is 0 Å². The van der Waals surface area contributed by atoms with E-state index in [0.717, 1.165) is 13.1 Å². The van der Waals surface area contributed by atoms with E-state index in [1.807, 2.05) is 13.0 Å². The van der Waals surface area contributed by atoms with Gasteiger partial charge < -0.3 is 10.6 Å². The fraction of sp³-hybridized carbons (Fsp3) is 0.312. The van der Waals surface area contributed by atoms with Gasteiger partial charge in [0.05, 0.1) is 13.1 Å². The third-order valence-corrected chi connectivity index (χ3v) is 3.94. The third kappa shape index (κ3) is 4.86. The van der Waals surface area contributed by atoms with Gasteiger partial charge in [0.15, 0.2) is 5.96 Å². The van der Waals surface area contributed by atoms with Gasteiger partial charge in [0.25, 0.3) is 0 Å². The molecular weight excluding hydrogens is 285 g/mol. The van der Waals surface area contributed by atoms with Crippen LogP contribution >= 0.6 is 11.3 Å². The van der Waals surface area contributed by atoms with Crippen molar-refractivity contribution in [2.24, 2.45) is 4.99 Å². The Balaban J connectivity index is 1.97. The van der Waals surface area contributed by atoms with E-state index in [1.54, 1.807) is 23.5 Å². The first-order chi connectivity index (χ1) is 10.2. The predicted molar refractivity (Wildman–Crippen MR) is 87.1 cm³/mol. The number of aryl methyl sites for hydroxylation is 1. The maximum atomic E-state index is 13.6. The van der Waals surface area contributed by atoms with E-state index < -0.39 is 0 Å². The molecule has 2 rings (SSSR count). The summed E-state index contributed by atoms with van der Waals surface area (Å²) in [5.41, 5.74) is 0.599. The van der Waals surface area contributed by atoms with E-state index in [9.17, 15) is 4.39 Å². The minimum atomic E-state index is -0.217. The Hall–Kier alpha value is -1.88. The van der Waals surface area contributed by atoms with Crippen LogP contribution in [0.5, 0.6) is 0 Å². The molecule has 112 valence electrons. The first kappa shape index (κ1) is 15.5. The summed E-state index contributed by atoms with van der Waals surface area (Å²) in [7, 11) is 0. The highest BCUT2D eigenvalue weighted by Gasteiger charge is 2.02. The van der Waals surface area contributed by atoms with E-state index in [1.165, 1.54) is 15.8 Å². The van der Waals surface area contributed by atoms with Crippen LogP contribution in [0.4, 0.5) is 4.39 Å². The maximum absolute atomic E-state index is 13.6. The molecule has 5 heteroatoms. The van der Waals surface area contributed by atoms with Gasteiger partial charge in [-0.05, 0) is 32.0 Å². The summed E-state index contributed by atoms with van der Waals surface area (Å²) in [6.45, 7) is 5.92. The first-order valence-corrected chi connectivity index (χ1v) is 7.81. The lowest BCUT2D eigenvalue weighted by molar-refractivity contribution is 0.610. The Bertz CT molecular complexity index is 607. The molecule has 1 heterocycles. The van der Waals surface area contributed by atoms with Crippen molar-refractivity contribution in [3.8, 4) is 0 Å². The molecule has 21 heavy (non-hydrogen) atoms. The highest BCUT2D eigenvalue weighted by atomic mass is 32.1. The molecule has 0 saturated carbocycles. The van der Waals surface area contributed by atoms with E-state index in [-0.39, 0.29) is 5.82 Å². The fourth-order valence-corrected chi connectivity index (χ4v) is 2.71. The maximum Gasteiger partial charge on any atom is 0.191 e. The fourth-order valence-electron chi connectivity index (χ4n) is 1.88. The van der Waals surface area contributed by atoms with Crippen LogP contribution in [-0.4, -0.2) is 12.5 Å². The Morgan fingerprint density at radius 1 is 1.19 bits per heavy atom. The summed E-state index contributed by atoms with van der Waals surface area (Å²) in [6.07, 6.45) is 0. The van der Waals surface area contributed by atoms with Gasteiger partial charge in [0.1, 0.15) is 5.82 Å². The number of aliphatic imine (C=N–C) groups is 1. The Morgan fingerprint density at radius 2 is 2.00 bits per heavy atom. The number of thiophene rings is 1. The quantitative estimate of drug-likeness (QED) is 0.656. The highest BCUT2D eigenvalue weighted by Crippen LogP contribution is 2.14.